The van der Waals surface area contributed by atoms with Crippen molar-refractivity contribution in [2.24, 2.45) is 0 Å². The summed E-state index contributed by atoms with van der Waals surface area (Å²) >= 11 is 0. The number of benzene rings is 1. The van der Waals surface area contributed by atoms with Gasteiger partial charge < -0.3 is 4.74 Å². The lowest BCUT2D eigenvalue weighted by atomic mass is 10.1. The Labute approximate surface area is 101 Å². The summed E-state index contributed by atoms with van der Waals surface area (Å²) in [6.07, 6.45) is 2.14. The molecule has 0 amide bonds. The molecule has 0 aliphatic rings. The molecule has 0 spiro atoms. The van der Waals surface area contributed by atoms with Crippen molar-refractivity contribution >= 4 is 19.7 Å². The highest BCUT2D eigenvalue weighted by Gasteiger charge is 2.04. The lowest BCUT2D eigenvalue weighted by Crippen LogP contribution is -2.08. The number of rotatable bonds is 6. The molecule has 16 heavy (non-hydrogen) atoms. The van der Waals surface area contributed by atoms with Crippen LogP contribution in [0.5, 0.6) is 5.75 Å². The summed E-state index contributed by atoms with van der Waals surface area (Å²) in [5.74, 6) is 0.491. The second-order valence-electron chi connectivity index (χ2n) is 3.49. The van der Waals surface area contributed by atoms with Crippen LogP contribution in [0.2, 0.25) is 0 Å². The van der Waals surface area contributed by atoms with E-state index in [-0.39, 0.29) is 12.4 Å². The molecular weight excluding hydrogens is 248 g/mol. The summed E-state index contributed by atoms with van der Waals surface area (Å²) in [4.78, 5) is 0. The summed E-state index contributed by atoms with van der Waals surface area (Å²) in [5, 5.41) is 0. The quantitative estimate of drug-likeness (QED) is 0.740. The van der Waals surface area contributed by atoms with Crippen LogP contribution < -0.4 is 4.74 Å². The zero-order valence-electron chi connectivity index (χ0n) is 9.15. The maximum Gasteiger partial charge on any atom is 0.235 e. The molecule has 0 bridgehead atoms. The monoisotopic (exact) mass is 262 g/mol. The fraction of sp³-hybridized carbons (Fsp3) is 0.455. The van der Waals surface area contributed by atoms with Crippen molar-refractivity contribution < 1.29 is 13.2 Å². The van der Waals surface area contributed by atoms with Gasteiger partial charge in [-0.25, -0.2) is 8.42 Å². The number of aryl methyl sites for hydroxylation is 1. The van der Waals surface area contributed by atoms with Crippen LogP contribution in [0.3, 0.4) is 0 Å². The van der Waals surface area contributed by atoms with Gasteiger partial charge in [-0.2, -0.15) is 0 Å². The second kappa shape index (κ2) is 6.11. The zero-order chi connectivity index (χ0) is 12.0. The molecule has 5 heteroatoms. The highest BCUT2D eigenvalue weighted by molar-refractivity contribution is 8.13. The molecule has 0 saturated carbocycles. The van der Waals surface area contributed by atoms with E-state index in [1.165, 1.54) is 5.56 Å². The van der Waals surface area contributed by atoms with Crippen molar-refractivity contribution in [3.05, 3.63) is 29.8 Å². The summed E-state index contributed by atoms with van der Waals surface area (Å²) < 4.78 is 26.5. The predicted molar refractivity (Wildman–Crippen MR) is 65.6 cm³/mol. The van der Waals surface area contributed by atoms with E-state index in [0.29, 0.717) is 5.75 Å². The maximum atomic E-state index is 10.6. The van der Waals surface area contributed by atoms with E-state index < -0.39 is 9.05 Å². The summed E-state index contributed by atoms with van der Waals surface area (Å²) in [7, 11) is 1.59. The highest BCUT2D eigenvalue weighted by atomic mass is 35.7. The van der Waals surface area contributed by atoms with Gasteiger partial charge in [0.25, 0.3) is 0 Å². The van der Waals surface area contributed by atoms with E-state index >= 15 is 0 Å². The predicted octanol–water partition coefficient (Wildman–Crippen LogP) is 2.59. The third-order valence-corrected chi connectivity index (χ3v) is 3.18. The standard InChI is InChI=1S/C11H15ClO3S/c1-2-3-10-4-6-11(7-5-10)15-8-9-16(12,13)14/h4-7H,2-3,8-9H2,1H3. The van der Waals surface area contributed by atoms with Gasteiger partial charge >= 0.3 is 0 Å². The van der Waals surface area contributed by atoms with Crippen molar-refractivity contribution in [3.63, 3.8) is 0 Å². The molecule has 90 valence electrons. The first-order chi connectivity index (χ1) is 7.51. The van der Waals surface area contributed by atoms with Crippen LogP contribution in [0, 0.1) is 0 Å². The van der Waals surface area contributed by atoms with E-state index in [2.05, 4.69) is 6.92 Å². The van der Waals surface area contributed by atoms with Crippen LogP contribution >= 0.6 is 10.7 Å². The number of ether oxygens (including phenoxy) is 1. The fourth-order valence-electron chi connectivity index (χ4n) is 1.30. The highest BCUT2D eigenvalue weighted by Crippen LogP contribution is 2.13. The van der Waals surface area contributed by atoms with Gasteiger partial charge in [0, 0.05) is 10.7 Å². The topological polar surface area (TPSA) is 43.4 Å². The van der Waals surface area contributed by atoms with Crippen molar-refractivity contribution in [2.45, 2.75) is 19.8 Å². The van der Waals surface area contributed by atoms with E-state index in [9.17, 15) is 8.42 Å². The molecule has 0 aliphatic carbocycles. The minimum Gasteiger partial charge on any atom is -0.492 e. The minimum absolute atomic E-state index is 0.0823. The third-order valence-electron chi connectivity index (χ3n) is 2.06. The molecule has 0 unspecified atom stereocenters. The van der Waals surface area contributed by atoms with E-state index in [4.69, 9.17) is 15.4 Å². The van der Waals surface area contributed by atoms with E-state index in [1.807, 2.05) is 24.3 Å². The lowest BCUT2D eigenvalue weighted by molar-refractivity contribution is 0.341. The largest absolute Gasteiger partial charge is 0.492 e. The summed E-state index contributed by atoms with van der Waals surface area (Å²) in [6.45, 7) is 2.20. The molecule has 0 fully saturated rings. The molecule has 0 saturated heterocycles. The molecule has 0 aromatic heterocycles. The zero-order valence-corrected chi connectivity index (χ0v) is 10.7. The molecule has 1 aromatic rings. The summed E-state index contributed by atoms with van der Waals surface area (Å²) in [6, 6.07) is 7.64. The SMILES string of the molecule is CCCc1ccc(OCCS(=O)(=O)Cl)cc1. The van der Waals surface area contributed by atoms with E-state index in [1.54, 1.807) is 0 Å². The van der Waals surface area contributed by atoms with E-state index in [0.717, 1.165) is 12.8 Å². The van der Waals surface area contributed by atoms with Gasteiger partial charge in [-0.3, -0.25) is 0 Å². The van der Waals surface area contributed by atoms with Crippen LogP contribution in [0.4, 0.5) is 0 Å². The molecular formula is C11H15ClO3S. The molecule has 0 atom stereocenters. The molecule has 0 heterocycles. The lowest BCUT2D eigenvalue weighted by Gasteiger charge is -2.05. The van der Waals surface area contributed by atoms with Gasteiger partial charge in [0.1, 0.15) is 12.4 Å². The first-order valence-corrected chi connectivity index (χ1v) is 7.63. The Kier molecular flexibility index (Phi) is 5.09. The molecule has 0 radical (unpaired) electrons. The number of hydrogen-bond acceptors (Lipinski definition) is 3. The average Bonchev–Trinajstić information content (AvgIpc) is 2.19. The second-order valence-corrected chi connectivity index (χ2v) is 6.38. The van der Waals surface area contributed by atoms with Crippen LogP contribution in [0.25, 0.3) is 0 Å². The van der Waals surface area contributed by atoms with Crippen LogP contribution in [0.15, 0.2) is 24.3 Å². The average molecular weight is 263 g/mol. The Morgan fingerprint density at radius 3 is 2.38 bits per heavy atom. The van der Waals surface area contributed by atoms with Gasteiger partial charge in [-0.1, -0.05) is 25.5 Å². The normalized spacial score (nSPS) is 11.4. The molecule has 1 aromatic carbocycles. The maximum absolute atomic E-state index is 10.6. The Hall–Kier alpha value is -0.740. The first kappa shape index (κ1) is 13.3. The number of hydrogen-bond donors (Lipinski definition) is 0. The van der Waals surface area contributed by atoms with Crippen molar-refractivity contribution in [3.8, 4) is 5.75 Å². The van der Waals surface area contributed by atoms with Gasteiger partial charge in [0.2, 0.25) is 9.05 Å². The van der Waals surface area contributed by atoms with Crippen molar-refractivity contribution in [1.82, 2.24) is 0 Å². The molecule has 1 rings (SSSR count). The smallest absolute Gasteiger partial charge is 0.235 e. The van der Waals surface area contributed by atoms with Crippen molar-refractivity contribution in [1.29, 1.82) is 0 Å². The van der Waals surface area contributed by atoms with Crippen LogP contribution in [-0.2, 0) is 15.5 Å². The van der Waals surface area contributed by atoms with Gasteiger partial charge in [-0.05, 0) is 24.1 Å². The van der Waals surface area contributed by atoms with Crippen LogP contribution in [-0.4, -0.2) is 20.8 Å². The molecule has 0 N–H and O–H groups in total. The third kappa shape index (κ3) is 5.37. The van der Waals surface area contributed by atoms with Crippen LogP contribution in [0.1, 0.15) is 18.9 Å². The minimum atomic E-state index is -3.46. The molecule has 0 aliphatic heterocycles. The Morgan fingerprint density at radius 2 is 1.88 bits per heavy atom. The Morgan fingerprint density at radius 1 is 1.25 bits per heavy atom. The first-order valence-electron chi connectivity index (χ1n) is 5.15. The Balaban J connectivity index is 2.43. The number of halogens is 1. The van der Waals surface area contributed by atoms with Gasteiger partial charge in [0.15, 0.2) is 0 Å². The molecule has 3 nitrogen and oxygen atoms in total. The fourth-order valence-corrected chi connectivity index (χ4v) is 1.77. The van der Waals surface area contributed by atoms with Crippen molar-refractivity contribution in [2.75, 3.05) is 12.4 Å². The summed E-state index contributed by atoms with van der Waals surface area (Å²) in [5.41, 5.74) is 1.25. The van der Waals surface area contributed by atoms with Gasteiger partial charge in [0.05, 0.1) is 5.75 Å². The Bertz CT molecular complexity index is 411. The van der Waals surface area contributed by atoms with Gasteiger partial charge in [-0.15, -0.1) is 0 Å².